The van der Waals surface area contributed by atoms with Gasteiger partial charge in [-0.25, -0.2) is 0 Å². The lowest BCUT2D eigenvalue weighted by Gasteiger charge is -2.20. The molecule has 0 saturated carbocycles. The first-order chi connectivity index (χ1) is 39.2. The van der Waals surface area contributed by atoms with Crippen molar-refractivity contribution in [2.75, 3.05) is 0 Å². The monoisotopic (exact) mass is 999 g/mol. The van der Waals surface area contributed by atoms with Crippen LogP contribution >= 0.6 is 0 Å². The Morgan fingerprint density at radius 2 is 0.532 bits per heavy atom. The van der Waals surface area contributed by atoms with E-state index in [1.807, 2.05) is 0 Å². The second-order valence-electron chi connectivity index (χ2n) is 21.1. The molecule has 0 spiro atoms. The Morgan fingerprint density at radius 3 is 1.08 bits per heavy atom. The standard InChI is InChI=1S/C78H49N/c1-2-24-64(25-3-1)79-73-32-15-8-21-58(73)49-74(79)59-37-35-56-47-62(40-36-55(56)43-59)76-67-28-11-9-26-65(67)75(66-27-10-12-29-68(66)76)60-23-16-22-54(46-60)57-41-42-71-72(48-57)78(63-39-34-51-18-5-7-20-53(51)45-63)70-31-14-13-30-69(70)77(71)61-38-33-50-17-4-6-19-52(50)44-61/h1-49H. The average Bonchev–Trinajstić information content (AvgIpc) is 3.93. The largest absolute Gasteiger partial charge is 0.309 e. The van der Waals surface area contributed by atoms with Gasteiger partial charge in [-0.1, -0.05) is 237 Å². The van der Waals surface area contributed by atoms with Crippen LogP contribution in [0.1, 0.15) is 0 Å². The summed E-state index contributed by atoms with van der Waals surface area (Å²) in [5.41, 5.74) is 17.0. The van der Waals surface area contributed by atoms with Crippen LogP contribution in [0.15, 0.2) is 297 Å². The average molecular weight is 1000 g/mol. The quantitative estimate of drug-likeness (QED) is 0.140. The van der Waals surface area contributed by atoms with Crippen molar-refractivity contribution in [1.82, 2.24) is 4.57 Å². The molecule has 1 aromatic heterocycles. The third-order valence-electron chi connectivity index (χ3n) is 16.7. The molecule has 0 unspecified atom stereocenters. The fraction of sp³-hybridized carbons (Fsp3) is 0. The molecule has 0 saturated heterocycles. The van der Waals surface area contributed by atoms with Gasteiger partial charge in [0.1, 0.15) is 0 Å². The van der Waals surface area contributed by atoms with Crippen molar-refractivity contribution in [2.24, 2.45) is 0 Å². The van der Waals surface area contributed by atoms with E-state index in [9.17, 15) is 0 Å². The molecule has 0 radical (unpaired) electrons. The summed E-state index contributed by atoms with van der Waals surface area (Å²) in [4.78, 5) is 0. The first-order valence-electron chi connectivity index (χ1n) is 27.4. The predicted molar refractivity (Wildman–Crippen MR) is 338 cm³/mol. The molecule has 366 valence electrons. The van der Waals surface area contributed by atoms with Crippen LogP contribution in [-0.2, 0) is 0 Å². The molecular formula is C78H49N. The zero-order chi connectivity index (χ0) is 52.0. The SMILES string of the molecule is c1ccc(-n2c(-c3ccc4cc(-c5c6ccccc6c(-c6cccc(-c7ccc8c(-c9ccc%10ccccc%10c9)c9ccccc9c(-c9ccc%10ccccc%10c9)c8c7)c6)c6ccccc56)ccc4c3)cc3ccccc32)cc1. The molecule has 0 amide bonds. The predicted octanol–water partition coefficient (Wildman–Crippen LogP) is 21.7. The Kier molecular flexibility index (Phi) is 10.3. The van der Waals surface area contributed by atoms with Crippen LogP contribution in [0.2, 0.25) is 0 Å². The molecule has 0 bridgehead atoms. The van der Waals surface area contributed by atoms with Gasteiger partial charge in [-0.05, 0) is 197 Å². The van der Waals surface area contributed by atoms with Gasteiger partial charge in [0.25, 0.3) is 0 Å². The van der Waals surface area contributed by atoms with Gasteiger partial charge in [0.05, 0.1) is 11.2 Å². The highest BCUT2D eigenvalue weighted by molar-refractivity contribution is 6.24. The van der Waals surface area contributed by atoms with E-state index in [2.05, 4.69) is 302 Å². The topological polar surface area (TPSA) is 4.93 Å². The number of nitrogens with zero attached hydrogens (tertiary/aromatic N) is 1. The number of fused-ring (bicyclic) bond motifs is 8. The van der Waals surface area contributed by atoms with Crippen LogP contribution in [0.5, 0.6) is 0 Å². The van der Waals surface area contributed by atoms with E-state index in [1.54, 1.807) is 0 Å². The Hall–Kier alpha value is -10.3. The normalized spacial score (nSPS) is 11.8. The van der Waals surface area contributed by atoms with Crippen LogP contribution in [0, 0.1) is 0 Å². The van der Waals surface area contributed by atoms with Crippen LogP contribution in [-0.4, -0.2) is 4.57 Å². The molecule has 16 rings (SSSR count). The van der Waals surface area contributed by atoms with Crippen LogP contribution in [0.25, 0.3) is 159 Å². The molecule has 1 nitrogen and oxygen atoms in total. The number of benzene rings is 15. The summed E-state index contributed by atoms with van der Waals surface area (Å²) in [6.45, 7) is 0. The number of para-hydroxylation sites is 2. The maximum atomic E-state index is 2.46. The summed E-state index contributed by atoms with van der Waals surface area (Å²) in [7, 11) is 0. The van der Waals surface area contributed by atoms with Gasteiger partial charge in [0.15, 0.2) is 0 Å². The Balaban J connectivity index is 0.848. The molecule has 0 N–H and O–H groups in total. The molecule has 1 heteroatoms. The van der Waals surface area contributed by atoms with Crippen molar-refractivity contribution in [3.63, 3.8) is 0 Å². The molecular weight excluding hydrogens is 951 g/mol. The first kappa shape index (κ1) is 44.9. The van der Waals surface area contributed by atoms with Gasteiger partial charge < -0.3 is 4.57 Å². The van der Waals surface area contributed by atoms with Gasteiger partial charge in [-0.3, -0.25) is 0 Å². The van der Waals surface area contributed by atoms with Crippen molar-refractivity contribution in [2.45, 2.75) is 0 Å². The third-order valence-corrected chi connectivity index (χ3v) is 16.7. The Morgan fingerprint density at radius 1 is 0.177 bits per heavy atom. The number of rotatable bonds is 7. The van der Waals surface area contributed by atoms with Crippen molar-refractivity contribution < 1.29 is 0 Å². The van der Waals surface area contributed by atoms with E-state index in [0.29, 0.717) is 0 Å². The van der Waals surface area contributed by atoms with Gasteiger partial charge in [0.2, 0.25) is 0 Å². The highest BCUT2D eigenvalue weighted by Gasteiger charge is 2.21. The van der Waals surface area contributed by atoms with Gasteiger partial charge in [-0.2, -0.15) is 0 Å². The Labute approximate surface area is 458 Å². The molecule has 16 aromatic rings. The third kappa shape index (κ3) is 7.39. The van der Waals surface area contributed by atoms with Crippen molar-refractivity contribution in [3.05, 3.63) is 297 Å². The van der Waals surface area contributed by atoms with Crippen molar-refractivity contribution in [1.29, 1.82) is 0 Å². The lowest BCUT2D eigenvalue weighted by atomic mass is 9.83. The zero-order valence-electron chi connectivity index (χ0n) is 43.2. The van der Waals surface area contributed by atoms with E-state index < -0.39 is 0 Å². The molecule has 1 heterocycles. The number of hydrogen-bond donors (Lipinski definition) is 0. The van der Waals surface area contributed by atoms with E-state index in [-0.39, 0.29) is 0 Å². The molecule has 0 atom stereocenters. The fourth-order valence-electron chi connectivity index (χ4n) is 13.1. The van der Waals surface area contributed by atoms with Gasteiger partial charge >= 0.3 is 0 Å². The van der Waals surface area contributed by atoms with E-state index in [0.717, 1.165) is 5.69 Å². The summed E-state index contributed by atoms with van der Waals surface area (Å²) in [6, 6.07) is 110. The highest BCUT2D eigenvalue weighted by atomic mass is 15.0. The number of aromatic nitrogens is 1. The minimum absolute atomic E-state index is 1.16. The summed E-state index contributed by atoms with van der Waals surface area (Å²) >= 11 is 0. The van der Waals surface area contributed by atoms with Gasteiger partial charge in [-0.15, -0.1) is 0 Å². The summed E-state index contributed by atoms with van der Waals surface area (Å²) in [5, 5.41) is 18.5. The minimum Gasteiger partial charge on any atom is -0.309 e. The maximum absolute atomic E-state index is 2.46. The van der Waals surface area contributed by atoms with Gasteiger partial charge in [0, 0.05) is 11.1 Å². The zero-order valence-corrected chi connectivity index (χ0v) is 43.2. The minimum atomic E-state index is 1.16. The maximum Gasteiger partial charge on any atom is 0.0541 e. The molecule has 0 fully saturated rings. The second-order valence-corrected chi connectivity index (χ2v) is 21.1. The van der Waals surface area contributed by atoms with E-state index in [1.165, 1.54) is 153 Å². The summed E-state index contributed by atoms with van der Waals surface area (Å²) in [5.74, 6) is 0. The smallest absolute Gasteiger partial charge is 0.0541 e. The summed E-state index contributed by atoms with van der Waals surface area (Å²) < 4.78 is 2.38. The lowest BCUT2D eigenvalue weighted by Crippen LogP contribution is -1.96. The van der Waals surface area contributed by atoms with Crippen LogP contribution < -0.4 is 0 Å². The Bertz CT molecular complexity index is 5080. The fourth-order valence-corrected chi connectivity index (χ4v) is 13.1. The van der Waals surface area contributed by atoms with Crippen LogP contribution in [0.4, 0.5) is 0 Å². The molecule has 0 aliphatic heterocycles. The van der Waals surface area contributed by atoms with Crippen molar-refractivity contribution in [3.8, 4) is 72.6 Å². The number of hydrogen-bond acceptors (Lipinski definition) is 0. The van der Waals surface area contributed by atoms with Crippen molar-refractivity contribution >= 4 is 86.3 Å². The highest BCUT2D eigenvalue weighted by Crippen LogP contribution is 2.48. The second kappa shape index (κ2) is 18.2. The molecule has 0 aliphatic carbocycles. The molecule has 15 aromatic carbocycles. The van der Waals surface area contributed by atoms with E-state index >= 15 is 0 Å². The molecule has 79 heavy (non-hydrogen) atoms. The first-order valence-corrected chi connectivity index (χ1v) is 27.4. The summed E-state index contributed by atoms with van der Waals surface area (Å²) in [6.07, 6.45) is 0. The van der Waals surface area contributed by atoms with E-state index in [4.69, 9.17) is 0 Å². The molecule has 0 aliphatic rings. The van der Waals surface area contributed by atoms with Crippen LogP contribution in [0.3, 0.4) is 0 Å². The lowest BCUT2D eigenvalue weighted by molar-refractivity contribution is 1.14.